The SMILES string of the molecule is O=CC1=C2Oc3c(Cl)cc(Cl)cc3C=C2CCC1. The number of carbonyl (C=O) groups excluding carboxylic acids is 1. The molecule has 0 saturated carbocycles. The highest BCUT2D eigenvalue weighted by Gasteiger charge is 2.25. The molecule has 1 aromatic rings. The van der Waals surface area contributed by atoms with Crippen molar-refractivity contribution in [2.75, 3.05) is 0 Å². The van der Waals surface area contributed by atoms with Gasteiger partial charge in [-0.15, -0.1) is 0 Å². The molecule has 0 bridgehead atoms. The van der Waals surface area contributed by atoms with Gasteiger partial charge in [-0.25, -0.2) is 0 Å². The maximum Gasteiger partial charge on any atom is 0.153 e. The molecule has 18 heavy (non-hydrogen) atoms. The van der Waals surface area contributed by atoms with Crippen molar-refractivity contribution in [1.82, 2.24) is 0 Å². The third-order valence-electron chi connectivity index (χ3n) is 3.19. The first-order valence-corrected chi connectivity index (χ1v) is 6.51. The van der Waals surface area contributed by atoms with E-state index < -0.39 is 0 Å². The molecular formula is C14H10Cl2O2. The predicted octanol–water partition coefficient (Wildman–Crippen LogP) is 4.41. The Hall–Kier alpha value is -1.25. The standard InChI is InChI=1S/C14H10Cl2O2/c15-11-5-10-4-8-2-1-3-9(7-17)13(8)18-14(10)12(16)6-11/h4-7H,1-3H2. The van der Waals surface area contributed by atoms with E-state index in [1.54, 1.807) is 6.07 Å². The molecular weight excluding hydrogens is 271 g/mol. The number of carbonyl (C=O) groups is 1. The molecule has 0 saturated heterocycles. The van der Waals surface area contributed by atoms with Crippen molar-refractivity contribution in [1.29, 1.82) is 0 Å². The minimum absolute atomic E-state index is 0.469. The van der Waals surface area contributed by atoms with E-state index in [-0.39, 0.29) is 0 Å². The van der Waals surface area contributed by atoms with Crippen molar-refractivity contribution in [3.05, 3.63) is 44.6 Å². The van der Waals surface area contributed by atoms with Gasteiger partial charge in [-0.1, -0.05) is 23.2 Å². The van der Waals surface area contributed by atoms with Gasteiger partial charge >= 0.3 is 0 Å². The van der Waals surface area contributed by atoms with Gasteiger partial charge in [-0.2, -0.15) is 0 Å². The van der Waals surface area contributed by atoms with Crippen LogP contribution in [-0.4, -0.2) is 6.29 Å². The van der Waals surface area contributed by atoms with Gasteiger partial charge in [0.25, 0.3) is 0 Å². The summed E-state index contributed by atoms with van der Waals surface area (Å²) in [5.41, 5.74) is 2.64. The van der Waals surface area contributed by atoms with E-state index in [1.807, 2.05) is 12.1 Å². The zero-order valence-corrected chi connectivity index (χ0v) is 11.0. The topological polar surface area (TPSA) is 26.3 Å². The van der Waals surface area contributed by atoms with Crippen molar-refractivity contribution in [3.63, 3.8) is 0 Å². The molecule has 2 nitrogen and oxygen atoms in total. The average molecular weight is 281 g/mol. The van der Waals surface area contributed by atoms with Crippen molar-refractivity contribution in [3.8, 4) is 5.75 Å². The minimum atomic E-state index is 0.469. The van der Waals surface area contributed by atoms with Crippen LogP contribution in [0.15, 0.2) is 29.0 Å². The Morgan fingerprint density at radius 2 is 2.06 bits per heavy atom. The zero-order valence-electron chi connectivity index (χ0n) is 9.50. The molecule has 4 heteroatoms. The molecule has 1 aromatic carbocycles. The summed E-state index contributed by atoms with van der Waals surface area (Å²) in [5.74, 6) is 1.26. The summed E-state index contributed by atoms with van der Waals surface area (Å²) in [6.45, 7) is 0. The first kappa shape index (κ1) is 11.8. The van der Waals surface area contributed by atoms with Crippen LogP contribution in [0.25, 0.3) is 6.08 Å². The lowest BCUT2D eigenvalue weighted by Crippen LogP contribution is -2.13. The fourth-order valence-electron chi connectivity index (χ4n) is 2.37. The lowest BCUT2D eigenvalue weighted by Gasteiger charge is -2.26. The van der Waals surface area contributed by atoms with Crippen LogP contribution in [0.2, 0.25) is 10.0 Å². The number of aldehydes is 1. The van der Waals surface area contributed by atoms with Crippen molar-refractivity contribution >= 4 is 35.6 Å². The van der Waals surface area contributed by atoms with Gasteiger partial charge in [0.05, 0.1) is 5.02 Å². The predicted molar refractivity (Wildman–Crippen MR) is 72.0 cm³/mol. The van der Waals surface area contributed by atoms with Gasteiger partial charge in [0.2, 0.25) is 0 Å². The number of allylic oxidation sites excluding steroid dienone is 2. The average Bonchev–Trinajstić information content (AvgIpc) is 2.36. The molecule has 0 N–H and O–H groups in total. The van der Waals surface area contributed by atoms with E-state index in [9.17, 15) is 4.79 Å². The van der Waals surface area contributed by atoms with Crippen LogP contribution in [0.4, 0.5) is 0 Å². The number of hydrogen-bond donors (Lipinski definition) is 0. The molecule has 2 aliphatic rings. The molecule has 0 unspecified atom stereocenters. The maximum absolute atomic E-state index is 11.0. The van der Waals surface area contributed by atoms with Gasteiger partial charge in [-0.05, 0) is 43.0 Å². The fourth-order valence-corrected chi connectivity index (χ4v) is 2.92. The van der Waals surface area contributed by atoms with E-state index in [1.165, 1.54) is 0 Å². The van der Waals surface area contributed by atoms with Gasteiger partial charge < -0.3 is 4.74 Å². The first-order chi connectivity index (χ1) is 8.69. The van der Waals surface area contributed by atoms with Crippen LogP contribution in [0, 0.1) is 0 Å². The number of fused-ring (bicyclic) bond motifs is 2. The van der Waals surface area contributed by atoms with E-state index in [0.717, 1.165) is 36.7 Å². The molecule has 0 radical (unpaired) electrons. The smallest absolute Gasteiger partial charge is 0.153 e. The Labute approximate surface area is 115 Å². The normalized spacial score (nSPS) is 17.6. The molecule has 92 valence electrons. The van der Waals surface area contributed by atoms with E-state index in [0.29, 0.717) is 27.1 Å². The number of halogens is 2. The number of hydrogen-bond acceptors (Lipinski definition) is 2. The number of rotatable bonds is 1. The van der Waals surface area contributed by atoms with E-state index >= 15 is 0 Å². The lowest BCUT2D eigenvalue weighted by molar-refractivity contribution is -0.105. The highest BCUT2D eigenvalue weighted by molar-refractivity contribution is 6.36. The van der Waals surface area contributed by atoms with E-state index in [4.69, 9.17) is 27.9 Å². The molecule has 0 atom stereocenters. The molecule has 1 aliphatic carbocycles. The number of benzene rings is 1. The summed E-state index contributed by atoms with van der Waals surface area (Å²) in [6.07, 6.45) is 5.52. The van der Waals surface area contributed by atoms with Crippen molar-refractivity contribution in [2.45, 2.75) is 19.3 Å². The Bertz CT molecular complexity index is 600. The minimum Gasteiger partial charge on any atom is -0.454 e. The molecule has 1 heterocycles. The maximum atomic E-state index is 11.0. The molecule has 3 rings (SSSR count). The van der Waals surface area contributed by atoms with Crippen molar-refractivity contribution in [2.24, 2.45) is 0 Å². The van der Waals surface area contributed by atoms with Crippen LogP contribution in [0.3, 0.4) is 0 Å². The Morgan fingerprint density at radius 1 is 1.22 bits per heavy atom. The summed E-state index contributed by atoms with van der Waals surface area (Å²) in [6, 6.07) is 3.46. The number of ether oxygens (including phenoxy) is 1. The van der Waals surface area contributed by atoms with Crippen LogP contribution in [0.5, 0.6) is 5.75 Å². The molecule has 1 aliphatic heterocycles. The van der Waals surface area contributed by atoms with Crippen LogP contribution >= 0.6 is 23.2 Å². The van der Waals surface area contributed by atoms with Gasteiger partial charge in [0, 0.05) is 16.2 Å². The largest absolute Gasteiger partial charge is 0.454 e. The summed E-state index contributed by atoms with van der Waals surface area (Å²) in [7, 11) is 0. The van der Waals surface area contributed by atoms with Crippen LogP contribution < -0.4 is 4.74 Å². The highest BCUT2D eigenvalue weighted by atomic mass is 35.5. The Morgan fingerprint density at radius 3 is 2.83 bits per heavy atom. The third kappa shape index (κ3) is 1.86. The Kier molecular flexibility index (Phi) is 2.92. The Balaban J connectivity index is 2.20. The van der Waals surface area contributed by atoms with Gasteiger partial charge in [0.15, 0.2) is 5.75 Å². The van der Waals surface area contributed by atoms with Crippen molar-refractivity contribution < 1.29 is 9.53 Å². The zero-order chi connectivity index (χ0) is 12.7. The second-order valence-electron chi connectivity index (χ2n) is 4.40. The molecule has 0 aromatic heterocycles. The fraction of sp³-hybridized carbons (Fsp3) is 0.214. The summed E-state index contributed by atoms with van der Waals surface area (Å²) in [5, 5.41) is 1.05. The second kappa shape index (κ2) is 4.45. The summed E-state index contributed by atoms with van der Waals surface area (Å²) >= 11 is 12.1. The summed E-state index contributed by atoms with van der Waals surface area (Å²) in [4.78, 5) is 11.0. The van der Waals surface area contributed by atoms with Crippen LogP contribution in [0.1, 0.15) is 24.8 Å². The lowest BCUT2D eigenvalue weighted by atomic mass is 9.91. The summed E-state index contributed by atoms with van der Waals surface area (Å²) < 4.78 is 5.81. The van der Waals surface area contributed by atoms with Gasteiger partial charge in [0.1, 0.15) is 12.0 Å². The van der Waals surface area contributed by atoms with Crippen LogP contribution in [-0.2, 0) is 4.79 Å². The molecule has 0 amide bonds. The second-order valence-corrected chi connectivity index (χ2v) is 5.25. The highest BCUT2D eigenvalue weighted by Crippen LogP contribution is 2.43. The van der Waals surface area contributed by atoms with Gasteiger partial charge in [-0.3, -0.25) is 4.79 Å². The van der Waals surface area contributed by atoms with E-state index in [2.05, 4.69) is 0 Å². The molecule has 0 spiro atoms. The quantitative estimate of drug-likeness (QED) is 0.713. The third-order valence-corrected chi connectivity index (χ3v) is 3.69. The monoisotopic (exact) mass is 280 g/mol. The first-order valence-electron chi connectivity index (χ1n) is 5.75. The molecule has 0 fully saturated rings.